The van der Waals surface area contributed by atoms with Gasteiger partial charge in [-0.15, -0.1) is 0 Å². The molecule has 0 radical (unpaired) electrons. The molecule has 24 heavy (non-hydrogen) atoms. The molecule has 3 aliphatic rings. The first-order valence-electron chi connectivity index (χ1n) is 8.50. The van der Waals surface area contributed by atoms with Crippen molar-refractivity contribution >= 4 is 24.0 Å². The van der Waals surface area contributed by atoms with Crippen LogP contribution in [0.4, 0.5) is 0 Å². The van der Waals surface area contributed by atoms with Gasteiger partial charge < -0.3 is 5.32 Å². The Balaban J connectivity index is 1.53. The number of piperidine rings is 1. The van der Waals surface area contributed by atoms with Gasteiger partial charge in [-0.2, -0.15) is 0 Å². The number of amides is 1. The van der Waals surface area contributed by atoms with Crippen LogP contribution in [0.3, 0.4) is 0 Å². The van der Waals surface area contributed by atoms with E-state index in [0.717, 1.165) is 39.0 Å². The number of nitrogens with zero attached hydrogens (tertiary/aromatic N) is 4. The van der Waals surface area contributed by atoms with E-state index in [-0.39, 0.29) is 17.7 Å². The van der Waals surface area contributed by atoms with Gasteiger partial charge in [-0.25, -0.2) is 15.0 Å². The fourth-order valence-corrected chi connectivity index (χ4v) is 3.32. The van der Waals surface area contributed by atoms with Crippen molar-refractivity contribution in [1.29, 1.82) is 5.41 Å². The van der Waals surface area contributed by atoms with E-state index >= 15 is 0 Å². The summed E-state index contributed by atoms with van der Waals surface area (Å²) in [5.41, 5.74) is 0.919. The third kappa shape index (κ3) is 3.85. The van der Waals surface area contributed by atoms with Crippen molar-refractivity contribution in [2.45, 2.75) is 31.7 Å². The van der Waals surface area contributed by atoms with Crippen molar-refractivity contribution in [2.75, 3.05) is 26.2 Å². The first kappa shape index (κ1) is 16.7. The molecule has 3 aliphatic heterocycles. The Morgan fingerprint density at radius 3 is 2.58 bits per heavy atom. The van der Waals surface area contributed by atoms with Gasteiger partial charge in [0.25, 0.3) is 5.91 Å². The molecule has 2 saturated heterocycles. The zero-order chi connectivity index (χ0) is 16.9. The average Bonchev–Trinajstić information content (AvgIpc) is 3.12. The standard InChI is InChI=1S/C17H24N6O/c1-19-12-16-14(18)4-5-15(21-16)17(24)20-13-6-10-23(11-7-13)22-8-2-3-9-22/h4-5,12-13,18H,1-3,6-11H2,(H,20,24)/b16-12+,18-14?. The number of allylic oxidation sites excluding steroid dienone is 1. The number of rotatable bonds is 4. The van der Waals surface area contributed by atoms with Crippen LogP contribution in [0, 0.1) is 5.41 Å². The summed E-state index contributed by atoms with van der Waals surface area (Å²) in [6, 6.07) is 0.179. The minimum atomic E-state index is -0.187. The van der Waals surface area contributed by atoms with Crippen LogP contribution in [0.2, 0.25) is 0 Å². The second-order valence-electron chi connectivity index (χ2n) is 6.30. The van der Waals surface area contributed by atoms with Gasteiger partial charge in [0.15, 0.2) is 0 Å². The highest BCUT2D eigenvalue weighted by molar-refractivity contribution is 6.45. The largest absolute Gasteiger partial charge is 0.348 e. The van der Waals surface area contributed by atoms with Crippen LogP contribution >= 0.6 is 0 Å². The normalized spacial score (nSPS) is 25.1. The lowest BCUT2D eigenvalue weighted by Gasteiger charge is -2.37. The Labute approximate surface area is 142 Å². The highest BCUT2D eigenvalue weighted by atomic mass is 16.2. The third-order valence-electron chi connectivity index (χ3n) is 4.66. The molecule has 0 saturated carbocycles. The minimum Gasteiger partial charge on any atom is -0.348 e. The predicted octanol–water partition coefficient (Wildman–Crippen LogP) is 1.15. The smallest absolute Gasteiger partial charge is 0.270 e. The van der Waals surface area contributed by atoms with Gasteiger partial charge in [-0.1, -0.05) is 0 Å². The van der Waals surface area contributed by atoms with Crippen molar-refractivity contribution in [1.82, 2.24) is 15.3 Å². The maximum absolute atomic E-state index is 12.4. The number of nitrogens with one attached hydrogen (secondary N) is 2. The van der Waals surface area contributed by atoms with Crippen molar-refractivity contribution in [2.24, 2.45) is 9.98 Å². The number of dihydropyridines is 1. The molecule has 128 valence electrons. The number of aliphatic imine (C=N–C) groups is 2. The first-order chi connectivity index (χ1) is 11.7. The maximum atomic E-state index is 12.4. The summed E-state index contributed by atoms with van der Waals surface area (Å²) in [6.07, 6.45) is 9.01. The van der Waals surface area contributed by atoms with Gasteiger partial charge >= 0.3 is 0 Å². The Morgan fingerprint density at radius 1 is 1.25 bits per heavy atom. The Kier molecular flexibility index (Phi) is 5.32. The molecule has 0 bridgehead atoms. The summed E-state index contributed by atoms with van der Waals surface area (Å²) in [6.45, 7) is 7.67. The second-order valence-corrected chi connectivity index (χ2v) is 6.30. The predicted molar refractivity (Wildman–Crippen MR) is 95.5 cm³/mol. The van der Waals surface area contributed by atoms with Crippen molar-refractivity contribution in [3.8, 4) is 0 Å². The molecular weight excluding hydrogens is 304 g/mol. The molecule has 0 aromatic carbocycles. The number of carbonyl (C=O) groups excluding carboxylic acids is 1. The van der Waals surface area contributed by atoms with Crippen LogP contribution in [-0.4, -0.2) is 66.3 Å². The second kappa shape index (κ2) is 7.63. The van der Waals surface area contributed by atoms with E-state index in [1.807, 2.05) is 0 Å². The van der Waals surface area contributed by atoms with E-state index in [1.54, 1.807) is 12.2 Å². The van der Waals surface area contributed by atoms with Gasteiger partial charge in [0.1, 0.15) is 11.4 Å². The van der Waals surface area contributed by atoms with Crippen LogP contribution in [0.5, 0.6) is 0 Å². The quantitative estimate of drug-likeness (QED) is 0.759. The zero-order valence-electron chi connectivity index (χ0n) is 13.9. The number of hydrogen-bond acceptors (Lipinski definition) is 6. The molecule has 2 fully saturated rings. The maximum Gasteiger partial charge on any atom is 0.270 e. The van der Waals surface area contributed by atoms with Crippen molar-refractivity contribution in [3.05, 3.63) is 24.0 Å². The number of hydrogen-bond donors (Lipinski definition) is 2. The Hall–Kier alpha value is -2.12. The van der Waals surface area contributed by atoms with Crippen LogP contribution in [0.25, 0.3) is 0 Å². The zero-order valence-corrected chi connectivity index (χ0v) is 13.9. The highest BCUT2D eigenvalue weighted by Gasteiger charge is 2.27. The molecule has 0 aromatic rings. The summed E-state index contributed by atoms with van der Waals surface area (Å²) in [5.74, 6) is -0.187. The average molecular weight is 328 g/mol. The topological polar surface area (TPSA) is 84.2 Å². The molecule has 0 atom stereocenters. The fraction of sp³-hybridized carbons (Fsp3) is 0.529. The van der Waals surface area contributed by atoms with Gasteiger partial charge in [-0.3, -0.25) is 15.2 Å². The minimum absolute atomic E-state index is 0.179. The summed E-state index contributed by atoms with van der Waals surface area (Å²) in [5, 5.41) is 15.7. The summed E-state index contributed by atoms with van der Waals surface area (Å²) in [7, 11) is 0. The Bertz CT molecular complexity index is 607. The molecule has 7 heteroatoms. The molecule has 3 heterocycles. The van der Waals surface area contributed by atoms with E-state index in [1.165, 1.54) is 19.0 Å². The van der Waals surface area contributed by atoms with Gasteiger partial charge in [-0.05, 0) is 44.6 Å². The Morgan fingerprint density at radius 2 is 1.92 bits per heavy atom. The monoisotopic (exact) mass is 328 g/mol. The van der Waals surface area contributed by atoms with Crippen LogP contribution < -0.4 is 5.32 Å². The summed E-state index contributed by atoms with van der Waals surface area (Å²) < 4.78 is 0. The fourth-order valence-electron chi connectivity index (χ4n) is 3.32. The SMILES string of the molecule is C=N/C=C1/N=C(C(=O)NC2CCN(N3CCCC3)CC2)C=CC1=N. The lowest BCUT2D eigenvalue weighted by Crippen LogP contribution is -2.51. The lowest BCUT2D eigenvalue weighted by atomic mass is 10.1. The van der Waals surface area contributed by atoms with Crippen LogP contribution in [0.1, 0.15) is 25.7 Å². The molecule has 0 aromatic heterocycles. The van der Waals surface area contributed by atoms with E-state index in [2.05, 4.69) is 32.0 Å². The van der Waals surface area contributed by atoms with E-state index < -0.39 is 0 Å². The molecule has 3 rings (SSSR count). The molecule has 2 N–H and O–H groups in total. The van der Waals surface area contributed by atoms with E-state index in [9.17, 15) is 4.79 Å². The highest BCUT2D eigenvalue weighted by Crippen LogP contribution is 2.17. The molecule has 0 aliphatic carbocycles. The molecule has 0 spiro atoms. The molecular formula is C17H24N6O. The van der Waals surface area contributed by atoms with Crippen molar-refractivity contribution < 1.29 is 4.79 Å². The molecule has 0 unspecified atom stereocenters. The van der Waals surface area contributed by atoms with Crippen molar-refractivity contribution in [3.63, 3.8) is 0 Å². The van der Waals surface area contributed by atoms with E-state index in [0.29, 0.717) is 11.4 Å². The van der Waals surface area contributed by atoms with Gasteiger partial charge in [0.2, 0.25) is 0 Å². The first-order valence-corrected chi connectivity index (χ1v) is 8.50. The third-order valence-corrected chi connectivity index (χ3v) is 4.66. The van der Waals surface area contributed by atoms with Crippen LogP contribution in [-0.2, 0) is 4.79 Å². The molecule has 7 nitrogen and oxygen atoms in total. The van der Waals surface area contributed by atoms with Gasteiger partial charge in [0.05, 0.1) is 11.9 Å². The molecule has 1 amide bonds. The number of hydrazine groups is 1. The lowest BCUT2D eigenvalue weighted by molar-refractivity contribution is -0.116. The number of carbonyl (C=O) groups is 1. The summed E-state index contributed by atoms with van der Waals surface area (Å²) in [4.78, 5) is 20.2. The summed E-state index contributed by atoms with van der Waals surface area (Å²) >= 11 is 0. The van der Waals surface area contributed by atoms with Gasteiger partial charge in [0, 0.05) is 32.2 Å². The van der Waals surface area contributed by atoms with E-state index in [4.69, 9.17) is 5.41 Å². The van der Waals surface area contributed by atoms with Crippen LogP contribution in [0.15, 0.2) is 34.0 Å².